The summed E-state index contributed by atoms with van der Waals surface area (Å²) in [6, 6.07) is 3.54. The summed E-state index contributed by atoms with van der Waals surface area (Å²) in [5.41, 5.74) is 0.898. The maximum atomic E-state index is 11.5. The van der Waals surface area contributed by atoms with E-state index in [2.05, 4.69) is 10.3 Å². The quantitative estimate of drug-likeness (QED) is 0.879. The first-order chi connectivity index (χ1) is 7.90. The van der Waals surface area contributed by atoms with Crippen molar-refractivity contribution in [2.75, 3.05) is 12.4 Å². The van der Waals surface area contributed by atoms with Crippen LogP contribution in [-0.2, 0) is 16.1 Å². The van der Waals surface area contributed by atoms with Crippen molar-refractivity contribution < 1.29 is 14.3 Å². The Morgan fingerprint density at radius 3 is 2.59 bits per heavy atom. The highest BCUT2D eigenvalue weighted by Gasteiger charge is 2.16. The Bertz CT molecular complexity index is 368. The fourth-order valence-electron chi connectivity index (χ4n) is 1.15. The number of pyridine rings is 1. The fraction of sp³-hybridized carbons (Fsp3) is 0.500. The van der Waals surface area contributed by atoms with E-state index < -0.39 is 11.7 Å². The molecule has 0 fully saturated rings. The summed E-state index contributed by atoms with van der Waals surface area (Å²) in [5, 5.41) is 2.60. The molecule has 0 unspecified atom stereocenters. The highest BCUT2D eigenvalue weighted by atomic mass is 16.6. The lowest BCUT2D eigenvalue weighted by molar-refractivity contribution is 0.0636. The molecule has 0 aliphatic rings. The van der Waals surface area contributed by atoms with Crippen LogP contribution < -0.4 is 5.32 Å². The number of carbonyl (C=O) groups excluding carboxylic acids is 1. The van der Waals surface area contributed by atoms with Crippen molar-refractivity contribution in [1.29, 1.82) is 0 Å². The van der Waals surface area contributed by atoms with E-state index in [0.717, 1.165) is 5.69 Å². The van der Waals surface area contributed by atoms with Crippen LogP contribution in [0.1, 0.15) is 26.5 Å². The third-order valence-corrected chi connectivity index (χ3v) is 1.76. The van der Waals surface area contributed by atoms with Crippen LogP contribution in [0.4, 0.5) is 10.5 Å². The summed E-state index contributed by atoms with van der Waals surface area (Å²) in [7, 11) is 1.61. The molecule has 17 heavy (non-hydrogen) atoms. The number of anilines is 1. The number of methoxy groups -OCH3 is 1. The third kappa shape index (κ3) is 5.31. The standard InChI is InChI=1S/C12H18N2O3/c1-12(2,3)17-11(15)14-9-5-6-10(8-16-4)13-7-9/h5-7H,8H2,1-4H3,(H,14,15). The van der Waals surface area contributed by atoms with Crippen LogP contribution in [0.25, 0.3) is 0 Å². The first kappa shape index (κ1) is 13.4. The summed E-state index contributed by atoms with van der Waals surface area (Å²) in [6.45, 7) is 5.89. The number of hydrogen-bond donors (Lipinski definition) is 1. The number of rotatable bonds is 3. The number of carbonyl (C=O) groups is 1. The van der Waals surface area contributed by atoms with E-state index in [1.165, 1.54) is 0 Å². The molecule has 0 spiro atoms. The Kier molecular flexibility index (Phi) is 4.45. The predicted molar refractivity (Wildman–Crippen MR) is 64.8 cm³/mol. The van der Waals surface area contributed by atoms with Gasteiger partial charge in [0.2, 0.25) is 0 Å². The van der Waals surface area contributed by atoms with Crippen LogP contribution in [0.3, 0.4) is 0 Å². The number of aromatic nitrogens is 1. The van der Waals surface area contributed by atoms with Crippen molar-refractivity contribution in [3.63, 3.8) is 0 Å². The molecule has 0 saturated carbocycles. The average Bonchev–Trinajstić information content (AvgIpc) is 2.18. The van der Waals surface area contributed by atoms with Crippen LogP contribution in [0.5, 0.6) is 0 Å². The minimum Gasteiger partial charge on any atom is -0.444 e. The normalized spacial score (nSPS) is 11.1. The number of hydrogen-bond acceptors (Lipinski definition) is 4. The summed E-state index contributed by atoms with van der Waals surface area (Å²) in [5.74, 6) is 0. The van der Waals surface area contributed by atoms with Gasteiger partial charge in [0.25, 0.3) is 0 Å². The van der Waals surface area contributed by atoms with E-state index in [9.17, 15) is 4.79 Å². The molecule has 0 radical (unpaired) electrons. The zero-order chi connectivity index (χ0) is 12.9. The molecule has 1 heterocycles. The first-order valence-corrected chi connectivity index (χ1v) is 5.34. The molecule has 1 aromatic heterocycles. The second kappa shape index (κ2) is 5.63. The van der Waals surface area contributed by atoms with E-state index in [4.69, 9.17) is 9.47 Å². The van der Waals surface area contributed by atoms with Crippen molar-refractivity contribution in [1.82, 2.24) is 4.98 Å². The monoisotopic (exact) mass is 238 g/mol. The van der Waals surface area contributed by atoms with Crippen molar-refractivity contribution >= 4 is 11.8 Å². The zero-order valence-corrected chi connectivity index (χ0v) is 10.6. The Hall–Kier alpha value is -1.62. The smallest absolute Gasteiger partial charge is 0.412 e. The highest BCUT2D eigenvalue weighted by molar-refractivity contribution is 5.84. The molecule has 5 heteroatoms. The largest absolute Gasteiger partial charge is 0.444 e. The zero-order valence-electron chi connectivity index (χ0n) is 10.6. The molecule has 94 valence electrons. The van der Waals surface area contributed by atoms with Crippen molar-refractivity contribution in [2.45, 2.75) is 33.0 Å². The molecule has 5 nitrogen and oxygen atoms in total. The minimum absolute atomic E-state index is 0.451. The van der Waals surface area contributed by atoms with Crippen molar-refractivity contribution in [3.05, 3.63) is 24.0 Å². The van der Waals surface area contributed by atoms with Crippen LogP contribution >= 0.6 is 0 Å². The lowest BCUT2D eigenvalue weighted by atomic mass is 10.2. The van der Waals surface area contributed by atoms with Gasteiger partial charge in [0.1, 0.15) is 5.60 Å². The predicted octanol–water partition coefficient (Wildman–Crippen LogP) is 2.58. The van der Waals surface area contributed by atoms with E-state index in [1.807, 2.05) is 20.8 Å². The van der Waals surface area contributed by atoms with Gasteiger partial charge in [-0.25, -0.2) is 4.79 Å². The van der Waals surface area contributed by atoms with Gasteiger partial charge in [-0.15, -0.1) is 0 Å². The molecule has 1 N–H and O–H groups in total. The third-order valence-electron chi connectivity index (χ3n) is 1.76. The van der Waals surface area contributed by atoms with Gasteiger partial charge >= 0.3 is 6.09 Å². The van der Waals surface area contributed by atoms with Crippen LogP contribution in [0.15, 0.2) is 18.3 Å². The SMILES string of the molecule is COCc1ccc(NC(=O)OC(C)(C)C)cn1. The van der Waals surface area contributed by atoms with Gasteiger partial charge in [-0.05, 0) is 32.9 Å². The molecular formula is C12H18N2O3. The van der Waals surface area contributed by atoms with Crippen molar-refractivity contribution in [2.24, 2.45) is 0 Å². The number of nitrogens with zero attached hydrogens (tertiary/aromatic N) is 1. The maximum absolute atomic E-state index is 11.5. The number of amides is 1. The molecule has 0 atom stereocenters. The molecule has 0 aliphatic carbocycles. The average molecular weight is 238 g/mol. The van der Waals surface area contributed by atoms with Gasteiger partial charge in [0.15, 0.2) is 0 Å². The minimum atomic E-state index is -0.506. The van der Waals surface area contributed by atoms with Gasteiger partial charge in [-0.2, -0.15) is 0 Å². The molecule has 0 bridgehead atoms. The van der Waals surface area contributed by atoms with Gasteiger partial charge in [0.05, 0.1) is 24.2 Å². The molecule has 1 rings (SSSR count). The fourth-order valence-corrected chi connectivity index (χ4v) is 1.15. The Balaban J connectivity index is 2.54. The topological polar surface area (TPSA) is 60.5 Å². The lowest BCUT2D eigenvalue weighted by Gasteiger charge is -2.19. The number of nitrogens with one attached hydrogen (secondary N) is 1. The van der Waals surface area contributed by atoms with Crippen LogP contribution in [0.2, 0.25) is 0 Å². The van der Waals surface area contributed by atoms with Crippen molar-refractivity contribution in [3.8, 4) is 0 Å². The molecular weight excluding hydrogens is 220 g/mol. The molecule has 0 saturated heterocycles. The highest BCUT2D eigenvalue weighted by Crippen LogP contribution is 2.11. The molecule has 1 amide bonds. The summed E-state index contributed by atoms with van der Waals surface area (Å²) >= 11 is 0. The first-order valence-electron chi connectivity index (χ1n) is 5.34. The van der Waals surface area contributed by atoms with E-state index in [-0.39, 0.29) is 0 Å². The molecule has 1 aromatic rings. The summed E-state index contributed by atoms with van der Waals surface area (Å²) in [4.78, 5) is 15.6. The van der Waals surface area contributed by atoms with Gasteiger partial charge in [0, 0.05) is 7.11 Å². The van der Waals surface area contributed by atoms with E-state index >= 15 is 0 Å². The Morgan fingerprint density at radius 1 is 1.41 bits per heavy atom. The summed E-state index contributed by atoms with van der Waals surface area (Å²) in [6.07, 6.45) is 1.08. The van der Waals surface area contributed by atoms with Gasteiger partial charge in [-0.1, -0.05) is 0 Å². The van der Waals surface area contributed by atoms with Crippen LogP contribution in [-0.4, -0.2) is 23.8 Å². The van der Waals surface area contributed by atoms with E-state index in [0.29, 0.717) is 12.3 Å². The number of ether oxygens (including phenoxy) is 2. The van der Waals surface area contributed by atoms with Crippen LogP contribution in [0, 0.1) is 0 Å². The summed E-state index contributed by atoms with van der Waals surface area (Å²) < 4.78 is 10.1. The van der Waals surface area contributed by atoms with Gasteiger partial charge in [-0.3, -0.25) is 10.3 Å². The second-order valence-electron chi connectivity index (χ2n) is 4.60. The Morgan fingerprint density at radius 2 is 2.12 bits per heavy atom. The molecule has 0 aromatic carbocycles. The van der Waals surface area contributed by atoms with E-state index in [1.54, 1.807) is 25.4 Å². The Labute approximate surface area is 101 Å². The maximum Gasteiger partial charge on any atom is 0.412 e. The lowest BCUT2D eigenvalue weighted by Crippen LogP contribution is -2.27. The molecule has 0 aliphatic heterocycles. The van der Waals surface area contributed by atoms with Gasteiger partial charge < -0.3 is 9.47 Å². The second-order valence-corrected chi connectivity index (χ2v) is 4.60.